The Morgan fingerprint density at radius 2 is 1.48 bits per heavy atom. The number of carbonyl (C=O) groups is 1. The zero-order chi connectivity index (χ0) is 21.2. The van der Waals surface area contributed by atoms with Crippen LogP contribution in [0.25, 0.3) is 11.1 Å². The Morgan fingerprint density at radius 1 is 0.897 bits per heavy atom. The van der Waals surface area contributed by atoms with Crippen molar-refractivity contribution in [3.8, 4) is 11.1 Å². The normalized spacial score (nSPS) is 11.3. The van der Waals surface area contributed by atoms with Gasteiger partial charge in [0.25, 0.3) is 0 Å². The van der Waals surface area contributed by atoms with Crippen LogP contribution in [0.3, 0.4) is 0 Å². The van der Waals surface area contributed by atoms with E-state index in [1.807, 2.05) is 30.1 Å². The molecule has 0 aromatic heterocycles. The number of nitrogens with zero attached hydrogens (tertiary/aromatic N) is 1. The smallest absolute Gasteiger partial charge is 0.319 e. The minimum Gasteiger partial charge on any atom is -0.480 e. The van der Waals surface area contributed by atoms with Crippen molar-refractivity contribution in [2.45, 2.75) is 18.7 Å². The lowest BCUT2D eigenvalue weighted by molar-refractivity contribution is -0.134. The quantitative estimate of drug-likeness (QED) is 0.644. The van der Waals surface area contributed by atoms with Gasteiger partial charge in [-0.1, -0.05) is 30.3 Å². The highest BCUT2D eigenvalue weighted by atomic mass is 32.2. The number of hydrogen-bond donors (Lipinski definition) is 1. The molecule has 0 atom stereocenters. The van der Waals surface area contributed by atoms with Gasteiger partial charge in [0.1, 0.15) is 0 Å². The zero-order valence-electron chi connectivity index (χ0n) is 16.6. The molecular formula is C23H23NO4S. The van der Waals surface area contributed by atoms with Crippen LogP contribution in [-0.4, -0.2) is 32.3 Å². The summed E-state index contributed by atoms with van der Waals surface area (Å²) < 4.78 is 24.1. The SMILES string of the molecule is Cc1cccc(C)c1-c1cccc(N(C)c2ccc(S(=O)(=O)CC(=O)O)cc2)c1. The first-order valence-electron chi connectivity index (χ1n) is 9.14. The molecule has 0 spiro atoms. The number of rotatable bonds is 6. The molecule has 0 saturated carbocycles. The molecule has 0 unspecified atom stereocenters. The molecule has 5 nitrogen and oxygen atoms in total. The third kappa shape index (κ3) is 4.49. The van der Waals surface area contributed by atoms with Gasteiger partial charge in [0.2, 0.25) is 0 Å². The first-order chi connectivity index (χ1) is 13.7. The van der Waals surface area contributed by atoms with Gasteiger partial charge in [-0.05, 0) is 72.5 Å². The Kier molecular flexibility index (Phi) is 5.75. The van der Waals surface area contributed by atoms with Gasteiger partial charge in [0.05, 0.1) is 4.90 Å². The van der Waals surface area contributed by atoms with Gasteiger partial charge in [0, 0.05) is 18.4 Å². The molecule has 0 aliphatic rings. The van der Waals surface area contributed by atoms with Crippen molar-refractivity contribution < 1.29 is 18.3 Å². The van der Waals surface area contributed by atoms with E-state index < -0.39 is 21.6 Å². The first kappa shape index (κ1) is 20.6. The van der Waals surface area contributed by atoms with Crippen molar-refractivity contribution in [1.29, 1.82) is 0 Å². The second kappa shape index (κ2) is 8.09. The zero-order valence-corrected chi connectivity index (χ0v) is 17.4. The Balaban J connectivity index is 1.92. The van der Waals surface area contributed by atoms with Crippen LogP contribution in [0.2, 0.25) is 0 Å². The Hall–Kier alpha value is -3.12. The molecule has 1 N–H and O–H groups in total. The van der Waals surface area contributed by atoms with Crippen LogP contribution in [0.15, 0.2) is 71.6 Å². The second-order valence-corrected chi connectivity index (χ2v) is 9.01. The third-order valence-corrected chi connectivity index (χ3v) is 6.52. The number of carboxylic acids is 1. The van der Waals surface area contributed by atoms with Crippen molar-refractivity contribution in [1.82, 2.24) is 0 Å². The number of anilines is 2. The number of hydrogen-bond acceptors (Lipinski definition) is 4. The van der Waals surface area contributed by atoms with E-state index in [1.165, 1.54) is 28.8 Å². The van der Waals surface area contributed by atoms with E-state index in [1.54, 1.807) is 12.1 Å². The van der Waals surface area contributed by atoms with Gasteiger partial charge in [0.15, 0.2) is 15.6 Å². The van der Waals surface area contributed by atoms with Gasteiger partial charge in [-0.2, -0.15) is 0 Å². The molecule has 3 aromatic rings. The minimum atomic E-state index is -3.84. The summed E-state index contributed by atoms with van der Waals surface area (Å²) in [7, 11) is -1.93. The molecule has 3 aromatic carbocycles. The summed E-state index contributed by atoms with van der Waals surface area (Å²) in [6.07, 6.45) is 0. The average molecular weight is 410 g/mol. The number of aliphatic carboxylic acids is 1. The van der Waals surface area contributed by atoms with Gasteiger partial charge in [-0.15, -0.1) is 0 Å². The van der Waals surface area contributed by atoms with E-state index in [2.05, 4.69) is 38.1 Å². The molecule has 0 aliphatic heterocycles. The summed E-state index contributed by atoms with van der Waals surface area (Å²) in [5.74, 6) is -2.28. The van der Waals surface area contributed by atoms with E-state index in [-0.39, 0.29) is 4.90 Å². The molecule has 0 bridgehead atoms. The van der Waals surface area contributed by atoms with Crippen molar-refractivity contribution >= 4 is 27.2 Å². The highest BCUT2D eigenvalue weighted by molar-refractivity contribution is 7.92. The Bertz CT molecular complexity index is 1130. The second-order valence-electron chi connectivity index (χ2n) is 7.02. The maximum absolute atomic E-state index is 12.1. The van der Waals surface area contributed by atoms with Gasteiger partial charge < -0.3 is 10.0 Å². The largest absolute Gasteiger partial charge is 0.480 e. The fraction of sp³-hybridized carbons (Fsp3) is 0.174. The monoisotopic (exact) mass is 409 g/mol. The van der Waals surface area contributed by atoms with Gasteiger partial charge in [-0.25, -0.2) is 8.42 Å². The van der Waals surface area contributed by atoms with Crippen LogP contribution in [0.1, 0.15) is 11.1 Å². The molecule has 6 heteroatoms. The molecule has 0 aliphatic carbocycles. The number of carboxylic acid groups (broad SMARTS) is 1. The molecule has 150 valence electrons. The summed E-state index contributed by atoms with van der Waals surface area (Å²) in [5, 5.41) is 8.77. The maximum atomic E-state index is 12.1. The first-order valence-corrected chi connectivity index (χ1v) is 10.8. The highest BCUT2D eigenvalue weighted by Gasteiger charge is 2.19. The lowest BCUT2D eigenvalue weighted by Gasteiger charge is -2.21. The van der Waals surface area contributed by atoms with Gasteiger partial charge in [-0.3, -0.25) is 4.79 Å². The minimum absolute atomic E-state index is 0.00124. The topological polar surface area (TPSA) is 74.7 Å². The summed E-state index contributed by atoms with van der Waals surface area (Å²) in [4.78, 5) is 12.7. The van der Waals surface area contributed by atoms with Crippen LogP contribution in [0.5, 0.6) is 0 Å². The van der Waals surface area contributed by atoms with Crippen LogP contribution in [-0.2, 0) is 14.6 Å². The van der Waals surface area contributed by atoms with E-state index in [0.29, 0.717) is 0 Å². The van der Waals surface area contributed by atoms with Crippen molar-refractivity contribution in [3.05, 3.63) is 77.9 Å². The molecule has 0 saturated heterocycles. The standard InChI is InChI=1S/C23H23NO4S/c1-16-6-4-7-17(2)23(16)18-8-5-9-20(14-18)24(3)19-10-12-21(13-11-19)29(27,28)15-22(25)26/h4-14H,15H2,1-3H3,(H,25,26). The van der Waals surface area contributed by atoms with Crippen LogP contribution < -0.4 is 4.90 Å². The summed E-state index contributed by atoms with van der Waals surface area (Å²) in [6, 6.07) is 20.7. The van der Waals surface area contributed by atoms with E-state index in [9.17, 15) is 13.2 Å². The number of aryl methyl sites for hydroxylation is 2. The average Bonchev–Trinajstić information content (AvgIpc) is 2.67. The summed E-state index contributed by atoms with van der Waals surface area (Å²) in [6.45, 7) is 4.18. The maximum Gasteiger partial charge on any atom is 0.319 e. The van der Waals surface area contributed by atoms with Crippen LogP contribution in [0.4, 0.5) is 11.4 Å². The van der Waals surface area contributed by atoms with E-state index in [4.69, 9.17) is 5.11 Å². The molecule has 0 amide bonds. The predicted octanol–water partition coefficient (Wildman–Crippen LogP) is 4.60. The molecule has 3 rings (SSSR count). The van der Waals surface area contributed by atoms with Crippen LogP contribution >= 0.6 is 0 Å². The fourth-order valence-electron chi connectivity index (χ4n) is 3.41. The van der Waals surface area contributed by atoms with Gasteiger partial charge >= 0.3 is 5.97 Å². The lowest BCUT2D eigenvalue weighted by Crippen LogP contribution is -2.15. The summed E-state index contributed by atoms with van der Waals surface area (Å²) in [5.41, 5.74) is 6.50. The predicted molar refractivity (Wildman–Crippen MR) is 116 cm³/mol. The fourth-order valence-corrected chi connectivity index (χ4v) is 4.45. The molecule has 0 fully saturated rings. The van der Waals surface area contributed by atoms with E-state index in [0.717, 1.165) is 16.9 Å². The third-order valence-electron chi connectivity index (χ3n) is 4.90. The van der Waals surface area contributed by atoms with Crippen molar-refractivity contribution in [2.24, 2.45) is 0 Å². The Morgan fingerprint density at radius 3 is 2.07 bits per heavy atom. The molecular weight excluding hydrogens is 386 g/mol. The van der Waals surface area contributed by atoms with Crippen molar-refractivity contribution in [3.63, 3.8) is 0 Å². The number of sulfone groups is 1. The molecule has 0 radical (unpaired) electrons. The number of benzene rings is 3. The van der Waals surface area contributed by atoms with Crippen LogP contribution in [0, 0.1) is 13.8 Å². The molecule has 29 heavy (non-hydrogen) atoms. The molecule has 0 heterocycles. The van der Waals surface area contributed by atoms with E-state index >= 15 is 0 Å². The van der Waals surface area contributed by atoms with Crippen molar-refractivity contribution in [2.75, 3.05) is 17.7 Å². The Labute approximate surface area is 171 Å². The highest BCUT2D eigenvalue weighted by Crippen LogP contribution is 2.32. The summed E-state index contributed by atoms with van der Waals surface area (Å²) >= 11 is 0. The lowest BCUT2D eigenvalue weighted by atomic mass is 9.95.